The van der Waals surface area contributed by atoms with Crippen molar-refractivity contribution in [1.82, 2.24) is 20.1 Å². The third-order valence-electron chi connectivity index (χ3n) is 6.21. The number of rotatable bonds is 5. The van der Waals surface area contributed by atoms with Gasteiger partial charge >= 0.3 is 0 Å². The SMILES string of the molecule is CC(=O)O.CN1CCC(c2ccc(C(=O)Nc3n[nH]c4nc(Nc5cc(F)ccc5F)ccc34)cc2)CC1. The van der Waals surface area contributed by atoms with Crippen molar-refractivity contribution < 1.29 is 23.5 Å². The zero-order valence-electron chi connectivity index (χ0n) is 21.0. The third-order valence-corrected chi connectivity index (χ3v) is 6.21. The van der Waals surface area contributed by atoms with Gasteiger partial charge in [-0.25, -0.2) is 13.8 Å². The van der Waals surface area contributed by atoms with Gasteiger partial charge in [-0.15, -0.1) is 0 Å². The number of hydrogen-bond acceptors (Lipinski definition) is 6. The molecule has 9 nitrogen and oxygen atoms in total. The number of nitrogens with zero attached hydrogens (tertiary/aromatic N) is 3. The number of benzene rings is 2. The maximum atomic E-state index is 13.9. The minimum atomic E-state index is -0.833. The Morgan fingerprint density at radius 3 is 2.42 bits per heavy atom. The highest BCUT2D eigenvalue weighted by molar-refractivity contribution is 6.07. The number of anilines is 3. The number of aromatic amines is 1. The normalized spacial score (nSPS) is 14.0. The molecule has 1 amide bonds. The number of amides is 1. The minimum Gasteiger partial charge on any atom is -0.481 e. The number of likely N-dealkylation sites (tertiary alicyclic amines) is 1. The number of aromatic nitrogens is 3. The molecule has 0 unspecified atom stereocenters. The molecule has 11 heteroatoms. The van der Waals surface area contributed by atoms with Crippen molar-refractivity contribution in [2.75, 3.05) is 30.8 Å². The molecule has 2 aromatic heterocycles. The molecule has 0 spiro atoms. The van der Waals surface area contributed by atoms with Crippen LogP contribution in [0.25, 0.3) is 11.0 Å². The Morgan fingerprint density at radius 1 is 1.05 bits per heavy atom. The van der Waals surface area contributed by atoms with E-state index in [1.807, 2.05) is 24.3 Å². The molecule has 1 aliphatic heterocycles. The highest BCUT2D eigenvalue weighted by Crippen LogP contribution is 2.28. The Hall–Kier alpha value is -4.38. The Kier molecular flexibility index (Phi) is 8.27. The number of piperidine rings is 1. The molecule has 198 valence electrons. The summed E-state index contributed by atoms with van der Waals surface area (Å²) >= 11 is 0. The first-order valence-electron chi connectivity index (χ1n) is 12.1. The maximum absolute atomic E-state index is 13.9. The summed E-state index contributed by atoms with van der Waals surface area (Å²) in [6, 6.07) is 14.2. The fourth-order valence-corrected chi connectivity index (χ4v) is 4.23. The van der Waals surface area contributed by atoms with Gasteiger partial charge in [0.05, 0.1) is 11.1 Å². The number of carbonyl (C=O) groups excluding carboxylic acids is 1. The van der Waals surface area contributed by atoms with Crippen LogP contribution in [0.1, 0.15) is 41.6 Å². The van der Waals surface area contributed by atoms with E-state index in [0.29, 0.717) is 34.2 Å². The van der Waals surface area contributed by atoms with Crippen molar-refractivity contribution in [2.24, 2.45) is 0 Å². The summed E-state index contributed by atoms with van der Waals surface area (Å²) < 4.78 is 27.3. The van der Waals surface area contributed by atoms with E-state index in [-0.39, 0.29) is 11.6 Å². The van der Waals surface area contributed by atoms with Crippen LogP contribution < -0.4 is 10.6 Å². The second-order valence-electron chi connectivity index (χ2n) is 9.09. The zero-order valence-corrected chi connectivity index (χ0v) is 21.0. The summed E-state index contributed by atoms with van der Waals surface area (Å²) in [4.78, 5) is 28.5. The number of halogens is 2. The van der Waals surface area contributed by atoms with Gasteiger partial charge < -0.3 is 20.6 Å². The van der Waals surface area contributed by atoms with Crippen LogP contribution in [0.5, 0.6) is 0 Å². The van der Waals surface area contributed by atoms with E-state index in [2.05, 4.69) is 37.8 Å². The summed E-state index contributed by atoms with van der Waals surface area (Å²) in [6.45, 7) is 3.25. The Bertz CT molecular complexity index is 1430. The molecule has 4 aromatic rings. The molecular weight excluding hydrogens is 494 g/mol. The fraction of sp³-hybridized carbons (Fsp3) is 0.259. The largest absolute Gasteiger partial charge is 0.481 e. The van der Waals surface area contributed by atoms with Gasteiger partial charge in [-0.3, -0.25) is 14.7 Å². The van der Waals surface area contributed by atoms with Gasteiger partial charge in [-0.1, -0.05) is 12.1 Å². The summed E-state index contributed by atoms with van der Waals surface area (Å²) in [5.41, 5.74) is 2.17. The number of H-pyrrole nitrogens is 1. The molecule has 5 rings (SSSR count). The van der Waals surface area contributed by atoms with Gasteiger partial charge in [0.15, 0.2) is 11.5 Å². The molecule has 1 fully saturated rings. The topological polar surface area (TPSA) is 123 Å². The van der Waals surface area contributed by atoms with Gasteiger partial charge in [0, 0.05) is 18.6 Å². The lowest BCUT2D eigenvalue weighted by Crippen LogP contribution is -2.29. The van der Waals surface area contributed by atoms with E-state index in [9.17, 15) is 13.6 Å². The van der Waals surface area contributed by atoms with E-state index >= 15 is 0 Å². The molecule has 0 saturated carbocycles. The quantitative estimate of drug-likeness (QED) is 0.286. The summed E-state index contributed by atoms with van der Waals surface area (Å²) in [5, 5.41) is 20.5. The van der Waals surface area contributed by atoms with Crippen molar-refractivity contribution in [3.05, 3.63) is 77.4 Å². The molecule has 4 N–H and O–H groups in total. The van der Waals surface area contributed by atoms with Crippen LogP contribution in [0.3, 0.4) is 0 Å². The van der Waals surface area contributed by atoms with Gasteiger partial charge in [0.2, 0.25) is 0 Å². The van der Waals surface area contributed by atoms with Crippen molar-refractivity contribution in [3.8, 4) is 0 Å². The van der Waals surface area contributed by atoms with Gasteiger partial charge in [0.25, 0.3) is 11.9 Å². The molecule has 0 bridgehead atoms. The summed E-state index contributed by atoms with van der Waals surface area (Å²) in [6.07, 6.45) is 2.24. The minimum absolute atomic E-state index is 0.0245. The molecule has 0 aliphatic carbocycles. The van der Waals surface area contributed by atoms with Crippen molar-refractivity contribution in [1.29, 1.82) is 0 Å². The van der Waals surface area contributed by atoms with Crippen molar-refractivity contribution >= 4 is 40.2 Å². The third kappa shape index (κ3) is 6.68. The van der Waals surface area contributed by atoms with Crippen molar-refractivity contribution in [2.45, 2.75) is 25.7 Å². The monoisotopic (exact) mass is 522 g/mol. The second kappa shape index (κ2) is 11.8. The van der Waals surface area contributed by atoms with Gasteiger partial charge in [-0.05, 0) is 80.9 Å². The molecule has 1 aliphatic rings. The molecular formula is C27H28F2N6O3. The highest BCUT2D eigenvalue weighted by Gasteiger charge is 2.19. The van der Waals surface area contributed by atoms with E-state index in [0.717, 1.165) is 51.1 Å². The Balaban J connectivity index is 0.000000786. The van der Waals surface area contributed by atoms with E-state index < -0.39 is 17.6 Å². The predicted octanol–water partition coefficient (Wildman–Crippen LogP) is 5.13. The lowest BCUT2D eigenvalue weighted by molar-refractivity contribution is -0.134. The average Bonchev–Trinajstić information content (AvgIpc) is 3.28. The molecule has 2 aromatic carbocycles. The number of nitrogens with one attached hydrogen (secondary N) is 3. The maximum Gasteiger partial charge on any atom is 0.300 e. The van der Waals surface area contributed by atoms with Crippen LogP contribution in [-0.2, 0) is 4.79 Å². The molecule has 0 radical (unpaired) electrons. The molecule has 1 saturated heterocycles. The number of fused-ring (bicyclic) bond motifs is 1. The van der Waals surface area contributed by atoms with Crippen LogP contribution in [0.15, 0.2) is 54.6 Å². The molecule has 3 heterocycles. The van der Waals surface area contributed by atoms with E-state index in [1.54, 1.807) is 12.1 Å². The first-order valence-corrected chi connectivity index (χ1v) is 12.1. The van der Waals surface area contributed by atoms with Gasteiger partial charge in [-0.2, -0.15) is 5.10 Å². The number of carboxylic acid groups (broad SMARTS) is 1. The summed E-state index contributed by atoms with van der Waals surface area (Å²) in [5.74, 6) is -1.08. The second-order valence-corrected chi connectivity index (χ2v) is 9.09. The smallest absolute Gasteiger partial charge is 0.300 e. The number of hydrogen-bond donors (Lipinski definition) is 4. The fourth-order valence-electron chi connectivity index (χ4n) is 4.23. The van der Waals surface area contributed by atoms with Gasteiger partial charge in [0.1, 0.15) is 17.5 Å². The molecule has 38 heavy (non-hydrogen) atoms. The lowest BCUT2D eigenvalue weighted by Gasteiger charge is -2.29. The lowest BCUT2D eigenvalue weighted by atomic mass is 9.89. The van der Waals surface area contributed by atoms with Crippen molar-refractivity contribution in [3.63, 3.8) is 0 Å². The summed E-state index contributed by atoms with van der Waals surface area (Å²) in [7, 11) is 2.14. The highest BCUT2D eigenvalue weighted by atomic mass is 19.1. The number of carboxylic acids is 1. The average molecular weight is 523 g/mol. The standard InChI is InChI=1S/C25H24F2N6O.C2H4O2/c1-33-12-10-16(11-13-33)15-2-4-17(5-3-15)25(34)30-24-19-7-9-22(29-23(19)31-32-24)28-21-14-18(26)6-8-20(21)27;1-2(3)4/h2-9,14,16H,10-13H2,1H3,(H3,28,29,30,31,32,34);1H3,(H,3,4). The first kappa shape index (κ1) is 26.7. The van der Waals surface area contributed by atoms with Crippen LogP contribution in [0.2, 0.25) is 0 Å². The first-order chi connectivity index (χ1) is 18.2. The number of pyridine rings is 1. The van der Waals surface area contributed by atoms with E-state index in [1.165, 1.54) is 5.56 Å². The van der Waals surface area contributed by atoms with E-state index in [4.69, 9.17) is 9.90 Å². The number of carbonyl (C=O) groups is 2. The number of aliphatic carboxylic acids is 1. The Labute approximate surface area is 217 Å². The molecule has 0 atom stereocenters. The van der Waals surface area contributed by atoms with Crippen LogP contribution in [0.4, 0.5) is 26.1 Å². The van der Waals surface area contributed by atoms with Crippen LogP contribution in [-0.4, -0.2) is 57.2 Å². The van der Waals surface area contributed by atoms with Crippen LogP contribution >= 0.6 is 0 Å². The Morgan fingerprint density at radius 2 is 1.74 bits per heavy atom. The predicted molar refractivity (Wildman–Crippen MR) is 141 cm³/mol. The van der Waals surface area contributed by atoms with Crippen LogP contribution in [0, 0.1) is 11.6 Å². The zero-order chi connectivity index (χ0) is 27.2.